The Morgan fingerprint density at radius 2 is 1.44 bits per heavy atom. The molecule has 1 N–H and O–H groups in total. The lowest BCUT2D eigenvalue weighted by molar-refractivity contribution is 0.101. The van der Waals surface area contributed by atoms with Crippen LogP contribution in [0.2, 0.25) is 0 Å². The number of carbonyl (C=O) groups is 1. The molecule has 1 aliphatic carbocycles. The van der Waals surface area contributed by atoms with Gasteiger partial charge in [-0.3, -0.25) is 4.79 Å². The molecule has 0 bridgehead atoms. The predicted molar refractivity (Wildman–Crippen MR) is 89.1 cm³/mol. The molecule has 2 aromatic rings. The van der Waals surface area contributed by atoms with Crippen LogP contribution in [0.3, 0.4) is 0 Å². The summed E-state index contributed by atoms with van der Waals surface area (Å²) >= 11 is 1.09. The number of aryl methyl sites for hydroxylation is 1. The van der Waals surface area contributed by atoms with Gasteiger partial charge >= 0.3 is 0 Å². The van der Waals surface area contributed by atoms with Crippen LogP contribution in [0.4, 0.5) is 27.0 Å². The first-order valence-electron chi connectivity index (χ1n) is 8.24. The summed E-state index contributed by atoms with van der Waals surface area (Å²) < 4.78 is 67.5. The fourth-order valence-electron chi connectivity index (χ4n) is 3.10. The van der Waals surface area contributed by atoms with Gasteiger partial charge in [0.1, 0.15) is 16.6 Å². The molecular weight excluding hydrogens is 387 g/mol. The monoisotopic (exact) mass is 400 g/mol. The van der Waals surface area contributed by atoms with Gasteiger partial charge in [0.2, 0.25) is 5.82 Å². The molecule has 1 aromatic carbocycles. The van der Waals surface area contributed by atoms with E-state index in [0.717, 1.165) is 47.5 Å². The lowest BCUT2D eigenvalue weighted by Crippen LogP contribution is -2.19. The Morgan fingerprint density at radius 3 is 2.04 bits per heavy atom. The van der Waals surface area contributed by atoms with Crippen LogP contribution in [-0.2, 0) is 12.8 Å². The number of benzene rings is 1. The first-order chi connectivity index (χ1) is 12.9. The van der Waals surface area contributed by atoms with E-state index >= 15 is 0 Å². The Labute approximate surface area is 155 Å². The summed E-state index contributed by atoms with van der Waals surface area (Å²) in [7, 11) is 0. The summed E-state index contributed by atoms with van der Waals surface area (Å²) in [6.07, 6.45) is 5.14. The number of carbonyl (C=O) groups excluding carboxylic acids is 1. The van der Waals surface area contributed by atoms with E-state index in [-0.39, 0.29) is 10.6 Å². The summed E-state index contributed by atoms with van der Waals surface area (Å²) in [4.78, 5) is 13.1. The van der Waals surface area contributed by atoms with Crippen molar-refractivity contribution in [1.29, 1.82) is 5.26 Å². The van der Waals surface area contributed by atoms with Crippen molar-refractivity contribution in [3.05, 3.63) is 50.7 Å². The minimum atomic E-state index is -2.33. The van der Waals surface area contributed by atoms with E-state index in [9.17, 15) is 32.0 Å². The van der Waals surface area contributed by atoms with Crippen LogP contribution in [0.15, 0.2) is 0 Å². The molecule has 0 radical (unpaired) electrons. The third-order valence-corrected chi connectivity index (χ3v) is 5.65. The van der Waals surface area contributed by atoms with E-state index in [1.165, 1.54) is 0 Å². The third kappa shape index (κ3) is 3.41. The fraction of sp³-hybridized carbons (Fsp3) is 0.333. The quantitative estimate of drug-likeness (QED) is 0.427. The average molecular weight is 400 g/mol. The van der Waals surface area contributed by atoms with Crippen LogP contribution in [0, 0.1) is 40.4 Å². The van der Waals surface area contributed by atoms with Crippen LogP contribution in [0.25, 0.3) is 0 Å². The number of fused-ring (bicyclic) bond motifs is 1. The second kappa shape index (κ2) is 7.64. The van der Waals surface area contributed by atoms with Crippen molar-refractivity contribution < 1.29 is 26.7 Å². The second-order valence-corrected chi connectivity index (χ2v) is 7.24. The molecule has 3 rings (SSSR count). The van der Waals surface area contributed by atoms with Crippen LogP contribution in [0.1, 0.15) is 52.0 Å². The van der Waals surface area contributed by atoms with Gasteiger partial charge in [-0.05, 0) is 31.2 Å². The molecule has 0 saturated carbocycles. The van der Waals surface area contributed by atoms with Gasteiger partial charge < -0.3 is 5.32 Å². The number of nitrogens with zero attached hydrogens (tertiary/aromatic N) is 1. The number of anilines is 1. The van der Waals surface area contributed by atoms with Crippen molar-refractivity contribution in [1.82, 2.24) is 0 Å². The highest BCUT2D eigenvalue weighted by atomic mass is 32.1. The zero-order valence-corrected chi connectivity index (χ0v) is 14.7. The fourth-order valence-corrected chi connectivity index (χ4v) is 4.33. The largest absolute Gasteiger partial charge is 0.312 e. The van der Waals surface area contributed by atoms with Gasteiger partial charge in [-0.25, -0.2) is 22.0 Å². The molecule has 1 amide bonds. The minimum absolute atomic E-state index is 0.0540. The van der Waals surface area contributed by atoms with Crippen molar-refractivity contribution in [2.24, 2.45) is 0 Å². The zero-order chi connectivity index (χ0) is 19.7. The van der Waals surface area contributed by atoms with Crippen molar-refractivity contribution in [3.8, 4) is 6.07 Å². The van der Waals surface area contributed by atoms with Gasteiger partial charge in [-0.2, -0.15) is 5.26 Å². The van der Waals surface area contributed by atoms with Gasteiger partial charge in [-0.1, -0.05) is 12.8 Å². The molecule has 0 saturated heterocycles. The van der Waals surface area contributed by atoms with Crippen molar-refractivity contribution in [2.45, 2.75) is 38.5 Å². The molecule has 1 heterocycles. The number of hydrogen-bond acceptors (Lipinski definition) is 3. The summed E-state index contributed by atoms with van der Waals surface area (Å²) in [6, 6.07) is 1.97. The Bertz CT molecular complexity index is 935. The number of halogens is 5. The maximum atomic E-state index is 13.8. The number of thiophene rings is 1. The lowest BCUT2D eigenvalue weighted by atomic mass is 9.97. The predicted octanol–water partition coefficient (Wildman–Crippen LogP) is 5.23. The second-order valence-electron chi connectivity index (χ2n) is 6.13. The molecule has 1 aliphatic rings. The molecule has 9 heteroatoms. The molecule has 0 aliphatic heterocycles. The summed E-state index contributed by atoms with van der Waals surface area (Å²) in [5.74, 6) is -12.6. The third-order valence-electron chi connectivity index (χ3n) is 4.45. The molecule has 0 unspecified atom stereocenters. The van der Waals surface area contributed by atoms with Gasteiger partial charge in [0, 0.05) is 4.88 Å². The molecule has 0 fully saturated rings. The average Bonchev–Trinajstić information content (AvgIpc) is 2.93. The van der Waals surface area contributed by atoms with E-state index in [1.54, 1.807) is 0 Å². The first kappa shape index (κ1) is 19.3. The molecule has 0 spiro atoms. The maximum absolute atomic E-state index is 13.8. The van der Waals surface area contributed by atoms with E-state index in [2.05, 4.69) is 5.32 Å². The minimum Gasteiger partial charge on any atom is -0.312 e. The number of hydrogen-bond donors (Lipinski definition) is 1. The molecule has 3 nitrogen and oxygen atoms in total. The summed E-state index contributed by atoms with van der Waals surface area (Å²) in [5, 5.41) is 11.6. The van der Waals surface area contributed by atoms with Crippen LogP contribution in [-0.4, -0.2) is 5.91 Å². The molecule has 0 atom stereocenters. The molecular formula is C18H13F5N2OS. The highest BCUT2D eigenvalue weighted by Gasteiger charge is 2.31. The number of amides is 1. The Kier molecular flexibility index (Phi) is 5.46. The van der Waals surface area contributed by atoms with Crippen molar-refractivity contribution >= 4 is 22.2 Å². The standard InChI is InChI=1S/C18H13F5N2OS/c19-12-11(13(20)15(22)16(23)14(12)21)17(26)25-18-9(7-24)8-5-3-1-2-4-6-10(8)27-18/h1-6H2,(H,25,26). The normalized spacial score (nSPS) is 14.1. The zero-order valence-electron chi connectivity index (χ0n) is 13.9. The lowest BCUT2D eigenvalue weighted by Gasteiger charge is -2.09. The topological polar surface area (TPSA) is 52.9 Å². The molecule has 27 heavy (non-hydrogen) atoms. The summed E-state index contributed by atoms with van der Waals surface area (Å²) in [6.45, 7) is 0. The van der Waals surface area contributed by atoms with Crippen molar-refractivity contribution in [3.63, 3.8) is 0 Å². The summed E-state index contributed by atoms with van der Waals surface area (Å²) in [5.41, 5.74) is -0.625. The number of nitriles is 1. The van der Waals surface area contributed by atoms with Crippen LogP contribution < -0.4 is 5.32 Å². The van der Waals surface area contributed by atoms with E-state index in [0.29, 0.717) is 12.8 Å². The Hall–Kier alpha value is -2.47. The van der Waals surface area contributed by atoms with Gasteiger partial charge in [0.15, 0.2) is 23.3 Å². The highest BCUT2D eigenvalue weighted by molar-refractivity contribution is 7.16. The Morgan fingerprint density at radius 1 is 0.889 bits per heavy atom. The van der Waals surface area contributed by atoms with Crippen molar-refractivity contribution in [2.75, 3.05) is 5.32 Å². The SMILES string of the molecule is N#Cc1c(NC(=O)c2c(F)c(F)c(F)c(F)c2F)sc2c1CCCCCC2. The van der Waals surface area contributed by atoms with E-state index in [1.807, 2.05) is 6.07 Å². The van der Waals surface area contributed by atoms with Gasteiger partial charge in [-0.15, -0.1) is 11.3 Å². The van der Waals surface area contributed by atoms with Gasteiger partial charge in [0.05, 0.1) is 5.56 Å². The number of nitrogens with one attached hydrogen (secondary N) is 1. The van der Waals surface area contributed by atoms with E-state index in [4.69, 9.17) is 0 Å². The Balaban J connectivity index is 2.01. The smallest absolute Gasteiger partial charge is 0.262 e. The highest BCUT2D eigenvalue weighted by Crippen LogP contribution is 2.37. The molecule has 142 valence electrons. The maximum Gasteiger partial charge on any atom is 0.262 e. The molecule has 1 aromatic heterocycles. The first-order valence-corrected chi connectivity index (χ1v) is 9.05. The van der Waals surface area contributed by atoms with Crippen LogP contribution >= 0.6 is 11.3 Å². The van der Waals surface area contributed by atoms with Crippen LogP contribution in [0.5, 0.6) is 0 Å². The van der Waals surface area contributed by atoms with E-state index < -0.39 is 40.6 Å². The van der Waals surface area contributed by atoms with Gasteiger partial charge in [0.25, 0.3) is 5.91 Å². The number of rotatable bonds is 2.